The summed E-state index contributed by atoms with van der Waals surface area (Å²) in [6.07, 6.45) is 0.706. The molecule has 0 aliphatic carbocycles. The van der Waals surface area contributed by atoms with Crippen molar-refractivity contribution in [3.05, 3.63) is 35.9 Å². The summed E-state index contributed by atoms with van der Waals surface area (Å²) in [4.78, 5) is 11.7. The van der Waals surface area contributed by atoms with Gasteiger partial charge in [-0.05, 0) is 19.4 Å². The summed E-state index contributed by atoms with van der Waals surface area (Å²) in [5, 5.41) is 0. The second kappa shape index (κ2) is 10.5. The molecule has 0 spiro atoms. The predicted molar refractivity (Wildman–Crippen MR) is 77.4 cm³/mol. The highest BCUT2D eigenvalue weighted by molar-refractivity contribution is 5.79. The van der Waals surface area contributed by atoms with Gasteiger partial charge in [0, 0.05) is 26.1 Å². The molecular formula is C16H24O4. The van der Waals surface area contributed by atoms with Crippen molar-refractivity contribution in [2.45, 2.75) is 39.6 Å². The van der Waals surface area contributed by atoms with Gasteiger partial charge in [0.05, 0.1) is 6.61 Å². The highest BCUT2D eigenvalue weighted by Gasteiger charge is 2.11. The first-order chi connectivity index (χ1) is 9.76. The molecule has 0 aromatic heterocycles. The minimum atomic E-state index is -0.289. The lowest BCUT2D eigenvalue weighted by molar-refractivity contribution is -0.146. The molecule has 0 saturated heterocycles. The van der Waals surface area contributed by atoms with Crippen LogP contribution in [0.1, 0.15) is 32.3 Å². The molecule has 112 valence electrons. The molecule has 20 heavy (non-hydrogen) atoms. The minimum Gasteiger partial charge on any atom is -0.369 e. The van der Waals surface area contributed by atoms with E-state index in [1.165, 1.54) is 0 Å². The van der Waals surface area contributed by atoms with Crippen LogP contribution in [0.15, 0.2) is 30.3 Å². The topological polar surface area (TPSA) is 44.8 Å². The van der Waals surface area contributed by atoms with Crippen LogP contribution < -0.4 is 0 Å². The molecule has 4 nitrogen and oxygen atoms in total. The number of ether oxygens (including phenoxy) is 3. The average molecular weight is 280 g/mol. The van der Waals surface area contributed by atoms with Gasteiger partial charge in [0.2, 0.25) is 0 Å². The van der Waals surface area contributed by atoms with Crippen LogP contribution in [0, 0.1) is 0 Å². The Morgan fingerprint density at radius 2 is 1.75 bits per heavy atom. The zero-order chi connectivity index (χ0) is 14.6. The van der Waals surface area contributed by atoms with Crippen LogP contribution in [0.2, 0.25) is 0 Å². The van der Waals surface area contributed by atoms with E-state index in [0.717, 1.165) is 5.56 Å². The van der Waals surface area contributed by atoms with E-state index >= 15 is 0 Å². The molecule has 0 N–H and O–H groups in total. The fraction of sp³-hybridized carbons (Fsp3) is 0.562. The Morgan fingerprint density at radius 1 is 1.10 bits per heavy atom. The van der Waals surface area contributed by atoms with E-state index in [1.54, 1.807) is 0 Å². The number of carbonyl (C=O) groups is 1. The summed E-state index contributed by atoms with van der Waals surface area (Å²) >= 11 is 0. The highest BCUT2D eigenvalue weighted by atomic mass is 16.7. The number of carbonyl (C=O) groups excluding carboxylic acids is 1. The monoisotopic (exact) mass is 280 g/mol. The van der Waals surface area contributed by atoms with Crippen LogP contribution >= 0.6 is 0 Å². The first-order valence-corrected chi connectivity index (χ1v) is 7.12. The molecule has 0 saturated carbocycles. The van der Waals surface area contributed by atoms with Crippen LogP contribution in [-0.4, -0.2) is 31.9 Å². The van der Waals surface area contributed by atoms with Gasteiger partial charge < -0.3 is 14.2 Å². The molecule has 0 fully saturated rings. The third kappa shape index (κ3) is 7.38. The Hall–Kier alpha value is -1.23. The fourth-order valence-corrected chi connectivity index (χ4v) is 1.79. The molecule has 0 unspecified atom stereocenters. The summed E-state index contributed by atoms with van der Waals surface area (Å²) in [7, 11) is 0. The van der Waals surface area contributed by atoms with Gasteiger partial charge in [-0.25, -0.2) is 0 Å². The maximum absolute atomic E-state index is 11.7. The van der Waals surface area contributed by atoms with Gasteiger partial charge in [0.1, 0.15) is 6.61 Å². The molecule has 0 heterocycles. The van der Waals surface area contributed by atoms with Crippen molar-refractivity contribution in [3.8, 4) is 0 Å². The summed E-state index contributed by atoms with van der Waals surface area (Å²) in [6, 6.07) is 9.82. The summed E-state index contributed by atoms with van der Waals surface area (Å²) in [5.74, 6) is 0.0744. The minimum absolute atomic E-state index is 0.0744. The lowest BCUT2D eigenvalue weighted by atomic mass is 10.2. The Balaban J connectivity index is 2.16. The van der Waals surface area contributed by atoms with Crippen molar-refractivity contribution in [2.75, 3.05) is 19.8 Å². The Morgan fingerprint density at radius 3 is 2.35 bits per heavy atom. The van der Waals surface area contributed by atoms with E-state index in [-0.39, 0.29) is 18.7 Å². The maximum Gasteiger partial charge on any atom is 0.158 e. The molecule has 4 heteroatoms. The van der Waals surface area contributed by atoms with E-state index in [4.69, 9.17) is 14.2 Å². The summed E-state index contributed by atoms with van der Waals surface area (Å²) < 4.78 is 16.2. The van der Waals surface area contributed by atoms with E-state index in [9.17, 15) is 4.79 Å². The van der Waals surface area contributed by atoms with Crippen LogP contribution in [0.3, 0.4) is 0 Å². The second-order valence-corrected chi connectivity index (χ2v) is 4.40. The number of benzene rings is 1. The van der Waals surface area contributed by atoms with Crippen molar-refractivity contribution in [3.63, 3.8) is 0 Å². The number of rotatable bonds is 11. The van der Waals surface area contributed by atoms with Crippen LogP contribution in [0.25, 0.3) is 0 Å². The van der Waals surface area contributed by atoms with E-state index in [2.05, 4.69) is 0 Å². The Labute approximate surface area is 121 Å². The Kier molecular flexibility index (Phi) is 8.87. The largest absolute Gasteiger partial charge is 0.369 e. The SMILES string of the molecule is CCOC(CCC(=O)COCc1ccccc1)OCC. The lowest BCUT2D eigenvalue weighted by Crippen LogP contribution is -2.20. The number of Topliss-reactive ketones (excluding diaryl/α,β-unsaturated/α-hetero) is 1. The average Bonchev–Trinajstić information content (AvgIpc) is 2.46. The zero-order valence-electron chi connectivity index (χ0n) is 12.3. The highest BCUT2D eigenvalue weighted by Crippen LogP contribution is 2.06. The summed E-state index contributed by atoms with van der Waals surface area (Å²) in [6.45, 7) is 5.60. The number of hydrogen-bond acceptors (Lipinski definition) is 4. The molecule has 0 aliphatic rings. The predicted octanol–water partition coefficient (Wildman–Crippen LogP) is 2.95. The third-order valence-corrected chi connectivity index (χ3v) is 2.74. The van der Waals surface area contributed by atoms with Gasteiger partial charge in [-0.1, -0.05) is 30.3 Å². The van der Waals surface area contributed by atoms with Gasteiger partial charge >= 0.3 is 0 Å². The van der Waals surface area contributed by atoms with Crippen LogP contribution in [0.4, 0.5) is 0 Å². The number of hydrogen-bond donors (Lipinski definition) is 0. The summed E-state index contributed by atoms with van der Waals surface area (Å²) in [5.41, 5.74) is 1.07. The van der Waals surface area contributed by atoms with Gasteiger partial charge in [-0.2, -0.15) is 0 Å². The molecule has 0 atom stereocenters. The Bertz CT molecular complexity index is 358. The fourth-order valence-electron chi connectivity index (χ4n) is 1.79. The second-order valence-electron chi connectivity index (χ2n) is 4.40. The lowest BCUT2D eigenvalue weighted by Gasteiger charge is -2.16. The van der Waals surface area contributed by atoms with E-state index < -0.39 is 0 Å². The molecular weight excluding hydrogens is 256 g/mol. The smallest absolute Gasteiger partial charge is 0.158 e. The van der Waals surface area contributed by atoms with Crippen molar-refractivity contribution < 1.29 is 19.0 Å². The molecule has 0 amide bonds. The van der Waals surface area contributed by atoms with Crippen LogP contribution in [0.5, 0.6) is 0 Å². The standard InChI is InChI=1S/C16H24O4/c1-3-19-16(20-4-2)11-10-15(17)13-18-12-14-8-6-5-7-9-14/h5-9,16H,3-4,10-13H2,1-2H3. The quantitative estimate of drug-likeness (QED) is 0.585. The normalized spacial score (nSPS) is 10.9. The van der Waals surface area contributed by atoms with Crippen molar-refractivity contribution in [1.29, 1.82) is 0 Å². The van der Waals surface area contributed by atoms with Crippen molar-refractivity contribution in [1.82, 2.24) is 0 Å². The van der Waals surface area contributed by atoms with Crippen molar-refractivity contribution >= 4 is 5.78 Å². The first-order valence-electron chi connectivity index (χ1n) is 7.12. The third-order valence-electron chi connectivity index (χ3n) is 2.74. The molecule has 1 rings (SSSR count). The number of ketones is 1. The zero-order valence-corrected chi connectivity index (χ0v) is 12.3. The van der Waals surface area contributed by atoms with E-state index in [1.807, 2.05) is 44.2 Å². The first kappa shape index (κ1) is 16.8. The van der Waals surface area contributed by atoms with E-state index in [0.29, 0.717) is 32.7 Å². The molecule has 0 radical (unpaired) electrons. The maximum atomic E-state index is 11.7. The van der Waals surface area contributed by atoms with Crippen LogP contribution in [-0.2, 0) is 25.6 Å². The van der Waals surface area contributed by atoms with Gasteiger partial charge in [0.25, 0.3) is 0 Å². The molecule has 1 aromatic rings. The molecule has 0 aliphatic heterocycles. The van der Waals surface area contributed by atoms with Gasteiger partial charge in [-0.15, -0.1) is 0 Å². The van der Waals surface area contributed by atoms with Crippen molar-refractivity contribution in [2.24, 2.45) is 0 Å². The van der Waals surface area contributed by atoms with Gasteiger partial charge in [0.15, 0.2) is 12.1 Å². The molecule has 0 bridgehead atoms. The molecule has 1 aromatic carbocycles. The van der Waals surface area contributed by atoms with Gasteiger partial charge in [-0.3, -0.25) is 4.79 Å².